The van der Waals surface area contributed by atoms with Crippen LogP contribution < -0.4 is 0 Å². The maximum absolute atomic E-state index is 4.48. The van der Waals surface area contributed by atoms with Gasteiger partial charge in [-0.1, -0.05) is 6.07 Å². The third-order valence-electron chi connectivity index (χ3n) is 3.49. The molecule has 1 aromatic rings. The molecule has 0 amide bonds. The van der Waals surface area contributed by atoms with Crippen molar-refractivity contribution in [1.29, 1.82) is 0 Å². The number of rotatable bonds is 1. The van der Waals surface area contributed by atoms with Gasteiger partial charge < -0.3 is 4.90 Å². The molecule has 0 radical (unpaired) electrons. The Morgan fingerprint density at radius 3 is 3.08 bits per heavy atom. The Hall–Kier alpha value is -0.890. The summed E-state index contributed by atoms with van der Waals surface area (Å²) in [5.74, 6) is 0.882. The van der Waals surface area contributed by atoms with Crippen molar-refractivity contribution in [3.63, 3.8) is 0 Å². The second-order valence-corrected chi connectivity index (χ2v) is 4.47. The van der Waals surface area contributed by atoms with E-state index >= 15 is 0 Å². The van der Waals surface area contributed by atoms with Crippen LogP contribution in [0, 0.1) is 5.92 Å². The van der Waals surface area contributed by atoms with E-state index in [4.69, 9.17) is 0 Å². The highest BCUT2D eigenvalue weighted by Gasteiger charge is 2.60. The fourth-order valence-corrected chi connectivity index (χ4v) is 2.79. The number of likely N-dealkylation sites (tertiary alicyclic amines) is 1. The molecule has 2 heteroatoms. The summed E-state index contributed by atoms with van der Waals surface area (Å²) in [5.41, 5.74) is 1.75. The number of aromatic nitrogens is 1. The molecule has 1 aliphatic heterocycles. The van der Waals surface area contributed by atoms with Crippen LogP contribution in [0.25, 0.3) is 0 Å². The first-order valence-corrected chi connectivity index (χ1v) is 4.91. The Bertz CT molecular complexity index is 322. The fraction of sp³-hybridized carbons (Fsp3) is 0.545. The van der Waals surface area contributed by atoms with Gasteiger partial charge in [-0.15, -0.1) is 0 Å². The van der Waals surface area contributed by atoms with E-state index < -0.39 is 0 Å². The van der Waals surface area contributed by atoms with Gasteiger partial charge in [0, 0.05) is 30.4 Å². The van der Waals surface area contributed by atoms with E-state index in [1.54, 1.807) is 0 Å². The van der Waals surface area contributed by atoms with Gasteiger partial charge >= 0.3 is 0 Å². The lowest BCUT2D eigenvalue weighted by Gasteiger charge is -2.15. The van der Waals surface area contributed by atoms with Crippen molar-refractivity contribution in [2.45, 2.75) is 11.8 Å². The minimum atomic E-state index is 0.440. The normalized spacial score (nSPS) is 37.5. The van der Waals surface area contributed by atoms with Crippen LogP contribution in [0.4, 0.5) is 0 Å². The molecular formula is C11H14N2. The van der Waals surface area contributed by atoms with Gasteiger partial charge in [0.15, 0.2) is 0 Å². The topological polar surface area (TPSA) is 16.1 Å². The van der Waals surface area contributed by atoms with Crippen molar-refractivity contribution < 1.29 is 0 Å². The Morgan fingerprint density at radius 1 is 1.54 bits per heavy atom. The van der Waals surface area contributed by atoms with E-state index in [2.05, 4.69) is 29.1 Å². The van der Waals surface area contributed by atoms with Gasteiger partial charge in [0.1, 0.15) is 0 Å². The summed E-state index contributed by atoms with van der Waals surface area (Å²) in [5, 5.41) is 0. The average Bonchev–Trinajstić information content (AvgIpc) is 2.72. The molecule has 2 nitrogen and oxygen atoms in total. The summed E-state index contributed by atoms with van der Waals surface area (Å²) in [6.07, 6.45) is 3.27. The molecular weight excluding hydrogens is 160 g/mol. The highest BCUT2D eigenvalue weighted by Crippen LogP contribution is 2.57. The fourth-order valence-electron chi connectivity index (χ4n) is 2.79. The Labute approximate surface area is 78.6 Å². The van der Waals surface area contributed by atoms with E-state index in [0.717, 1.165) is 5.92 Å². The monoisotopic (exact) mass is 174 g/mol. The zero-order valence-electron chi connectivity index (χ0n) is 7.90. The summed E-state index contributed by atoms with van der Waals surface area (Å²) in [6.45, 7) is 2.46. The zero-order valence-corrected chi connectivity index (χ0v) is 7.90. The molecule has 3 rings (SSSR count). The van der Waals surface area contributed by atoms with Gasteiger partial charge in [0.2, 0.25) is 0 Å². The molecule has 1 saturated heterocycles. The molecule has 2 unspecified atom stereocenters. The predicted molar refractivity (Wildman–Crippen MR) is 51.5 cm³/mol. The smallest absolute Gasteiger partial charge is 0.0481 e. The second-order valence-electron chi connectivity index (χ2n) is 4.47. The number of hydrogen-bond acceptors (Lipinski definition) is 2. The predicted octanol–water partition coefficient (Wildman–Crippen LogP) is 1.28. The van der Waals surface area contributed by atoms with E-state index in [1.807, 2.05) is 12.3 Å². The standard InChI is InChI=1S/C11H14N2/c1-13-7-9-6-11(9,8-13)10-4-2-3-5-12-10/h2-5,9H,6-8H2,1H3. The van der Waals surface area contributed by atoms with Crippen LogP contribution in [-0.4, -0.2) is 30.0 Å². The maximum atomic E-state index is 4.48. The van der Waals surface area contributed by atoms with Crippen LogP contribution in [0.1, 0.15) is 12.1 Å². The van der Waals surface area contributed by atoms with Crippen molar-refractivity contribution in [1.82, 2.24) is 9.88 Å². The third-order valence-corrected chi connectivity index (χ3v) is 3.49. The summed E-state index contributed by atoms with van der Waals surface area (Å²) in [6, 6.07) is 6.28. The molecule has 2 aliphatic rings. The Balaban J connectivity index is 1.95. The van der Waals surface area contributed by atoms with Crippen LogP contribution in [0.3, 0.4) is 0 Å². The van der Waals surface area contributed by atoms with Crippen molar-refractivity contribution in [3.05, 3.63) is 30.1 Å². The van der Waals surface area contributed by atoms with Gasteiger partial charge in [0.05, 0.1) is 0 Å². The summed E-state index contributed by atoms with van der Waals surface area (Å²) >= 11 is 0. The number of hydrogen-bond donors (Lipinski definition) is 0. The SMILES string of the molecule is CN1CC2CC2(c2ccccn2)C1. The highest BCUT2D eigenvalue weighted by molar-refractivity contribution is 5.31. The van der Waals surface area contributed by atoms with Crippen molar-refractivity contribution in [2.24, 2.45) is 5.92 Å². The van der Waals surface area contributed by atoms with Gasteiger partial charge in [-0.05, 0) is 31.5 Å². The lowest BCUT2D eigenvalue weighted by molar-refractivity contribution is 0.362. The number of fused-ring (bicyclic) bond motifs is 1. The minimum absolute atomic E-state index is 0.440. The van der Waals surface area contributed by atoms with Crippen molar-refractivity contribution in [2.75, 3.05) is 20.1 Å². The van der Waals surface area contributed by atoms with Crippen LogP contribution >= 0.6 is 0 Å². The molecule has 2 heterocycles. The molecule has 0 N–H and O–H groups in total. The lowest BCUT2D eigenvalue weighted by Crippen LogP contribution is -2.22. The van der Waals surface area contributed by atoms with Crippen LogP contribution in [0.15, 0.2) is 24.4 Å². The van der Waals surface area contributed by atoms with Crippen LogP contribution in [0.5, 0.6) is 0 Å². The van der Waals surface area contributed by atoms with E-state index in [-0.39, 0.29) is 0 Å². The van der Waals surface area contributed by atoms with Gasteiger partial charge in [-0.3, -0.25) is 4.98 Å². The largest absolute Gasteiger partial charge is 0.305 e. The molecule has 2 fully saturated rings. The van der Waals surface area contributed by atoms with Crippen molar-refractivity contribution in [3.8, 4) is 0 Å². The molecule has 13 heavy (non-hydrogen) atoms. The van der Waals surface area contributed by atoms with Crippen LogP contribution in [-0.2, 0) is 5.41 Å². The van der Waals surface area contributed by atoms with Gasteiger partial charge in [0.25, 0.3) is 0 Å². The molecule has 0 aromatic carbocycles. The minimum Gasteiger partial charge on any atom is -0.305 e. The first kappa shape index (κ1) is 7.51. The zero-order chi connectivity index (χ0) is 8.89. The number of piperidine rings is 1. The second kappa shape index (κ2) is 2.32. The quantitative estimate of drug-likeness (QED) is 0.637. The highest BCUT2D eigenvalue weighted by atomic mass is 15.2. The summed E-state index contributed by atoms with van der Waals surface area (Å²) in [4.78, 5) is 6.90. The number of pyridine rings is 1. The Kier molecular flexibility index (Phi) is 1.34. The third kappa shape index (κ3) is 0.953. The van der Waals surface area contributed by atoms with E-state index in [9.17, 15) is 0 Å². The van der Waals surface area contributed by atoms with Crippen molar-refractivity contribution >= 4 is 0 Å². The Morgan fingerprint density at radius 2 is 2.46 bits per heavy atom. The molecule has 0 bridgehead atoms. The lowest BCUT2D eigenvalue weighted by atomic mass is 10.0. The molecule has 0 spiro atoms. The first-order valence-electron chi connectivity index (χ1n) is 4.91. The molecule has 2 atom stereocenters. The molecule has 1 aromatic heterocycles. The summed E-state index contributed by atoms with van der Waals surface area (Å²) < 4.78 is 0. The van der Waals surface area contributed by atoms with Gasteiger partial charge in [-0.2, -0.15) is 0 Å². The van der Waals surface area contributed by atoms with E-state index in [0.29, 0.717) is 5.41 Å². The number of likely N-dealkylation sites (N-methyl/N-ethyl adjacent to an activating group) is 1. The van der Waals surface area contributed by atoms with Gasteiger partial charge in [-0.25, -0.2) is 0 Å². The average molecular weight is 174 g/mol. The molecule has 1 aliphatic carbocycles. The van der Waals surface area contributed by atoms with Crippen LogP contribution in [0.2, 0.25) is 0 Å². The first-order chi connectivity index (χ1) is 6.31. The summed E-state index contributed by atoms with van der Waals surface area (Å²) in [7, 11) is 2.21. The molecule has 1 saturated carbocycles. The van der Waals surface area contributed by atoms with E-state index in [1.165, 1.54) is 25.2 Å². The molecule has 68 valence electrons. The number of nitrogens with zero attached hydrogens (tertiary/aromatic N) is 2. The maximum Gasteiger partial charge on any atom is 0.0481 e.